The van der Waals surface area contributed by atoms with Crippen LogP contribution in [0.2, 0.25) is 0 Å². The molecule has 0 aliphatic heterocycles. The van der Waals surface area contributed by atoms with Crippen LogP contribution < -0.4 is 10.2 Å². The molecule has 4 heteroatoms. The van der Waals surface area contributed by atoms with Gasteiger partial charge in [0.1, 0.15) is 0 Å². The van der Waals surface area contributed by atoms with Gasteiger partial charge >= 0.3 is 0 Å². The Morgan fingerprint density at radius 2 is 1.78 bits per heavy atom. The first-order chi connectivity index (χ1) is 8.76. The SMILES string of the molecule is CCCc1nc(N(CCC)CCC)sc1CNC. The molecule has 0 fully saturated rings. The first-order valence-corrected chi connectivity index (χ1v) is 7.96. The van der Waals surface area contributed by atoms with Gasteiger partial charge in [0.05, 0.1) is 5.69 Å². The minimum Gasteiger partial charge on any atom is -0.348 e. The highest BCUT2D eigenvalue weighted by Gasteiger charge is 2.14. The van der Waals surface area contributed by atoms with Crippen molar-refractivity contribution >= 4 is 16.5 Å². The van der Waals surface area contributed by atoms with Gasteiger partial charge in [-0.2, -0.15) is 0 Å². The maximum atomic E-state index is 4.86. The normalized spacial score (nSPS) is 10.9. The first-order valence-electron chi connectivity index (χ1n) is 7.14. The molecular formula is C14H27N3S. The Balaban J connectivity index is 2.88. The van der Waals surface area contributed by atoms with E-state index < -0.39 is 0 Å². The van der Waals surface area contributed by atoms with Crippen LogP contribution in [0.5, 0.6) is 0 Å². The molecular weight excluding hydrogens is 242 g/mol. The largest absolute Gasteiger partial charge is 0.348 e. The van der Waals surface area contributed by atoms with Crippen molar-refractivity contribution in [1.29, 1.82) is 0 Å². The molecule has 1 aromatic rings. The van der Waals surface area contributed by atoms with E-state index in [0.717, 1.165) is 26.1 Å². The van der Waals surface area contributed by atoms with Crippen molar-refractivity contribution in [3.05, 3.63) is 10.6 Å². The fraction of sp³-hybridized carbons (Fsp3) is 0.786. The van der Waals surface area contributed by atoms with Crippen LogP contribution in [0.3, 0.4) is 0 Å². The number of aromatic nitrogens is 1. The van der Waals surface area contributed by atoms with Gasteiger partial charge in [-0.25, -0.2) is 4.98 Å². The highest BCUT2D eigenvalue weighted by atomic mass is 32.1. The van der Waals surface area contributed by atoms with E-state index >= 15 is 0 Å². The smallest absolute Gasteiger partial charge is 0.185 e. The molecule has 18 heavy (non-hydrogen) atoms. The monoisotopic (exact) mass is 269 g/mol. The Bertz CT molecular complexity index is 306. The number of aryl methyl sites for hydroxylation is 1. The minimum absolute atomic E-state index is 0.944. The predicted octanol–water partition coefficient (Wildman–Crippen LogP) is 3.44. The van der Waals surface area contributed by atoms with Crippen LogP contribution >= 0.6 is 11.3 Å². The van der Waals surface area contributed by atoms with Crippen molar-refractivity contribution in [2.45, 2.75) is 53.0 Å². The number of hydrogen-bond acceptors (Lipinski definition) is 4. The zero-order chi connectivity index (χ0) is 13.4. The lowest BCUT2D eigenvalue weighted by Crippen LogP contribution is -2.24. The lowest BCUT2D eigenvalue weighted by molar-refractivity contribution is 0.737. The molecule has 0 unspecified atom stereocenters. The van der Waals surface area contributed by atoms with Gasteiger partial charge in [-0.3, -0.25) is 0 Å². The standard InChI is InChI=1S/C14H27N3S/c1-5-8-12-13(11-15-4)18-14(16-12)17(9-6-2)10-7-3/h15H,5-11H2,1-4H3. The molecule has 0 amide bonds. The Morgan fingerprint density at radius 3 is 2.28 bits per heavy atom. The number of nitrogens with zero attached hydrogens (tertiary/aromatic N) is 2. The zero-order valence-corrected chi connectivity index (χ0v) is 13.1. The second-order valence-corrected chi connectivity index (χ2v) is 5.70. The van der Waals surface area contributed by atoms with Crippen molar-refractivity contribution in [1.82, 2.24) is 10.3 Å². The Morgan fingerprint density at radius 1 is 1.11 bits per heavy atom. The zero-order valence-electron chi connectivity index (χ0n) is 12.3. The van der Waals surface area contributed by atoms with E-state index in [0.29, 0.717) is 0 Å². The topological polar surface area (TPSA) is 28.2 Å². The van der Waals surface area contributed by atoms with E-state index in [1.165, 1.54) is 35.0 Å². The summed E-state index contributed by atoms with van der Waals surface area (Å²) < 4.78 is 0. The molecule has 0 aromatic carbocycles. The van der Waals surface area contributed by atoms with E-state index in [2.05, 4.69) is 31.0 Å². The van der Waals surface area contributed by atoms with Gasteiger partial charge in [-0.15, -0.1) is 11.3 Å². The molecule has 1 aromatic heterocycles. The fourth-order valence-electron chi connectivity index (χ4n) is 2.08. The number of nitrogens with one attached hydrogen (secondary N) is 1. The molecule has 0 bridgehead atoms. The molecule has 3 nitrogen and oxygen atoms in total. The van der Waals surface area contributed by atoms with E-state index in [-0.39, 0.29) is 0 Å². The third-order valence-corrected chi connectivity index (χ3v) is 4.01. The minimum atomic E-state index is 0.944. The molecule has 0 saturated carbocycles. The quantitative estimate of drug-likeness (QED) is 0.744. The van der Waals surface area contributed by atoms with E-state index in [4.69, 9.17) is 4.98 Å². The molecule has 0 atom stereocenters. The van der Waals surface area contributed by atoms with E-state index in [9.17, 15) is 0 Å². The summed E-state index contributed by atoms with van der Waals surface area (Å²) >= 11 is 1.86. The molecule has 0 aliphatic carbocycles. The summed E-state index contributed by atoms with van der Waals surface area (Å²) in [6.45, 7) is 9.87. The Kier molecular flexibility index (Phi) is 7.28. The molecule has 1 heterocycles. The van der Waals surface area contributed by atoms with Crippen molar-refractivity contribution < 1.29 is 0 Å². The molecule has 0 aliphatic rings. The van der Waals surface area contributed by atoms with Crippen molar-refractivity contribution in [3.63, 3.8) is 0 Å². The number of rotatable bonds is 9. The van der Waals surface area contributed by atoms with Gasteiger partial charge in [0.25, 0.3) is 0 Å². The van der Waals surface area contributed by atoms with E-state index in [1.54, 1.807) is 0 Å². The summed E-state index contributed by atoms with van der Waals surface area (Å²) in [7, 11) is 2.00. The average Bonchev–Trinajstić information content (AvgIpc) is 2.73. The number of anilines is 1. The number of thiazole rings is 1. The van der Waals surface area contributed by atoms with Gasteiger partial charge in [0.2, 0.25) is 0 Å². The molecule has 1 N–H and O–H groups in total. The second-order valence-electron chi connectivity index (χ2n) is 4.63. The maximum Gasteiger partial charge on any atom is 0.185 e. The molecule has 0 radical (unpaired) electrons. The van der Waals surface area contributed by atoms with Gasteiger partial charge in [0, 0.05) is 24.5 Å². The van der Waals surface area contributed by atoms with Crippen molar-refractivity contribution in [2.24, 2.45) is 0 Å². The summed E-state index contributed by atoms with van der Waals surface area (Å²) in [6.07, 6.45) is 4.63. The third kappa shape index (κ3) is 4.25. The van der Waals surface area contributed by atoms with Crippen LogP contribution in [0, 0.1) is 0 Å². The number of hydrogen-bond donors (Lipinski definition) is 1. The molecule has 0 spiro atoms. The van der Waals surface area contributed by atoms with Crippen molar-refractivity contribution in [2.75, 3.05) is 25.0 Å². The molecule has 0 saturated heterocycles. The van der Waals surface area contributed by atoms with Gasteiger partial charge < -0.3 is 10.2 Å². The van der Waals surface area contributed by atoms with Crippen LogP contribution in [0.25, 0.3) is 0 Å². The van der Waals surface area contributed by atoms with E-state index in [1.807, 2.05) is 18.4 Å². The van der Waals surface area contributed by atoms with Gasteiger partial charge in [0.15, 0.2) is 5.13 Å². The van der Waals surface area contributed by atoms with Crippen LogP contribution in [0.15, 0.2) is 0 Å². The summed E-state index contributed by atoms with van der Waals surface area (Å²) in [4.78, 5) is 8.70. The summed E-state index contributed by atoms with van der Waals surface area (Å²) in [5.74, 6) is 0. The predicted molar refractivity (Wildman–Crippen MR) is 81.7 cm³/mol. The lowest BCUT2D eigenvalue weighted by atomic mass is 10.2. The highest BCUT2D eigenvalue weighted by molar-refractivity contribution is 7.15. The summed E-state index contributed by atoms with van der Waals surface area (Å²) in [5.41, 5.74) is 1.30. The fourth-order valence-corrected chi connectivity index (χ4v) is 3.25. The van der Waals surface area contributed by atoms with Gasteiger partial charge in [-0.1, -0.05) is 27.2 Å². The van der Waals surface area contributed by atoms with Crippen LogP contribution in [-0.4, -0.2) is 25.1 Å². The molecule has 104 valence electrons. The van der Waals surface area contributed by atoms with Crippen LogP contribution in [0.1, 0.15) is 50.6 Å². The first kappa shape index (κ1) is 15.4. The lowest BCUT2D eigenvalue weighted by Gasteiger charge is -2.20. The maximum absolute atomic E-state index is 4.86. The second kappa shape index (κ2) is 8.48. The van der Waals surface area contributed by atoms with Gasteiger partial charge in [-0.05, 0) is 26.3 Å². The van der Waals surface area contributed by atoms with Crippen LogP contribution in [0.4, 0.5) is 5.13 Å². The Hall–Kier alpha value is -0.610. The summed E-state index contributed by atoms with van der Waals surface area (Å²) in [5, 5.41) is 4.47. The highest BCUT2D eigenvalue weighted by Crippen LogP contribution is 2.27. The van der Waals surface area contributed by atoms with Crippen LogP contribution in [-0.2, 0) is 13.0 Å². The Labute approximate surface area is 116 Å². The summed E-state index contributed by atoms with van der Waals surface area (Å²) in [6, 6.07) is 0. The third-order valence-electron chi connectivity index (χ3n) is 2.85. The average molecular weight is 269 g/mol. The molecule has 1 rings (SSSR count). The van der Waals surface area contributed by atoms with Crippen molar-refractivity contribution in [3.8, 4) is 0 Å².